The van der Waals surface area contributed by atoms with Crippen molar-refractivity contribution in [1.82, 2.24) is 10.6 Å². The van der Waals surface area contributed by atoms with Gasteiger partial charge in [0.25, 0.3) is 5.91 Å². The average molecular weight is 801 g/mol. The molecule has 3 fully saturated rings. The average Bonchev–Trinajstić information content (AvgIpc) is 4.02. The van der Waals surface area contributed by atoms with Gasteiger partial charge in [0.2, 0.25) is 5.91 Å². The van der Waals surface area contributed by atoms with Gasteiger partial charge < -0.3 is 34.7 Å². The van der Waals surface area contributed by atoms with E-state index in [1.165, 1.54) is 0 Å². The fraction of sp³-hybridized carbons (Fsp3) is 0.526. The first-order chi connectivity index (χ1) is 23.8. The molecule has 2 saturated carbocycles. The van der Waals surface area contributed by atoms with Gasteiger partial charge in [-0.2, -0.15) is 0 Å². The molecule has 4 atom stereocenters. The van der Waals surface area contributed by atoms with Crippen LogP contribution in [0.3, 0.4) is 0 Å². The molecule has 1 saturated heterocycles. The van der Waals surface area contributed by atoms with Gasteiger partial charge in [-0.25, -0.2) is 4.79 Å². The molecular weight excluding hydrogens is 755 g/mol. The smallest absolute Gasteiger partial charge is 0.338 e. The van der Waals surface area contributed by atoms with E-state index in [4.69, 9.17) is 18.9 Å². The first-order valence-electron chi connectivity index (χ1n) is 17.4. The second-order valence-corrected chi connectivity index (χ2v) is 15.9. The van der Waals surface area contributed by atoms with Crippen LogP contribution >= 0.6 is 22.6 Å². The lowest BCUT2D eigenvalue weighted by Gasteiger charge is -2.31. The predicted molar refractivity (Wildman–Crippen MR) is 191 cm³/mol. The quantitative estimate of drug-likeness (QED) is 0.189. The second kappa shape index (κ2) is 15.1. The van der Waals surface area contributed by atoms with E-state index in [9.17, 15) is 24.3 Å². The van der Waals surface area contributed by atoms with Gasteiger partial charge in [-0.05, 0) is 124 Å². The van der Waals surface area contributed by atoms with Crippen molar-refractivity contribution in [1.29, 1.82) is 0 Å². The number of carbonyl (C=O) groups is 4. The second-order valence-electron chi connectivity index (χ2n) is 14.6. The number of fused-ring (bicyclic) bond motifs is 1. The number of ether oxygens (including phenoxy) is 4. The Morgan fingerprint density at radius 2 is 1.68 bits per heavy atom. The van der Waals surface area contributed by atoms with Gasteiger partial charge in [0.05, 0.1) is 18.2 Å². The van der Waals surface area contributed by atoms with Gasteiger partial charge in [0, 0.05) is 45.9 Å². The van der Waals surface area contributed by atoms with Gasteiger partial charge in [0.1, 0.15) is 23.9 Å². The van der Waals surface area contributed by atoms with Crippen LogP contribution in [0.1, 0.15) is 92.0 Å². The maximum atomic E-state index is 13.6. The van der Waals surface area contributed by atoms with Crippen molar-refractivity contribution >= 4 is 46.3 Å². The van der Waals surface area contributed by atoms with Crippen molar-refractivity contribution in [2.45, 2.75) is 108 Å². The molecule has 0 bridgehead atoms. The molecule has 4 aliphatic rings. The van der Waals surface area contributed by atoms with Crippen LogP contribution in [0.5, 0.6) is 0 Å². The normalized spacial score (nSPS) is 23.2. The van der Waals surface area contributed by atoms with E-state index in [0.717, 1.165) is 29.3 Å². The molecular formula is C38H45IN2O9. The van der Waals surface area contributed by atoms with E-state index >= 15 is 0 Å². The third-order valence-corrected chi connectivity index (χ3v) is 10.1. The van der Waals surface area contributed by atoms with E-state index < -0.39 is 53.6 Å². The van der Waals surface area contributed by atoms with E-state index in [0.29, 0.717) is 34.1 Å². The van der Waals surface area contributed by atoms with Gasteiger partial charge >= 0.3 is 11.9 Å². The van der Waals surface area contributed by atoms with Crippen LogP contribution in [0.25, 0.3) is 0 Å². The summed E-state index contributed by atoms with van der Waals surface area (Å²) in [6.07, 6.45) is 4.65. The largest absolute Gasteiger partial charge is 0.460 e. The molecule has 3 aliphatic carbocycles. The van der Waals surface area contributed by atoms with Crippen LogP contribution in [-0.4, -0.2) is 71.2 Å². The van der Waals surface area contributed by atoms with Crippen molar-refractivity contribution in [3.63, 3.8) is 0 Å². The zero-order valence-electron chi connectivity index (χ0n) is 28.6. The maximum absolute atomic E-state index is 13.6. The molecule has 0 aromatic heterocycles. The molecule has 12 heteroatoms. The van der Waals surface area contributed by atoms with Crippen LogP contribution in [0.15, 0.2) is 60.2 Å². The Kier molecular flexibility index (Phi) is 11.0. The highest BCUT2D eigenvalue weighted by molar-refractivity contribution is 14.1. The zero-order valence-corrected chi connectivity index (χ0v) is 30.8. The fourth-order valence-corrected chi connectivity index (χ4v) is 7.00. The Hall–Kier alpha value is -3.33. The van der Waals surface area contributed by atoms with E-state index in [1.54, 1.807) is 57.2 Å². The molecule has 0 radical (unpaired) electrons. The third-order valence-electron chi connectivity index (χ3n) is 9.35. The third kappa shape index (κ3) is 8.93. The van der Waals surface area contributed by atoms with Crippen LogP contribution in [0.4, 0.5) is 0 Å². The molecule has 2 aromatic rings. The lowest BCUT2D eigenvalue weighted by molar-refractivity contribution is -0.209. The minimum atomic E-state index is -0.710. The van der Waals surface area contributed by atoms with Crippen molar-refractivity contribution in [3.05, 3.63) is 80.4 Å². The number of aliphatic hydroxyl groups excluding tert-OH is 1. The number of esters is 2. The number of hydrogen-bond acceptors (Lipinski definition) is 9. The summed E-state index contributed by atoms with van der Waals surface area (Å²) in [7, 11) is 0. The van der Waals surface area contributed by atoms with Gasteiger partial charge in [-0.1, -0.05) is 12.1 Å². The lowest BCUT2D eigenvalue weighted by atomic mass is 9.91. The van der Waals surface area contributed by atoms with Crippen molar-refractivity contribution in [3.8, 4) is 0 Å². The summed E-state index contributed by atoms with van der Waals surface area (Å²) >= 11 is 2.18. The summed E-state index contributed by atoms with van der Waals surface area (Å²) in [6.45, 7) is 5.15. The number of rotatable bonds is 13. The Morgan fingerprint density at radius 3 is 2.32 bits per heavy atom. The summed E-state index contributed by atoms with van der Waals surface area (Å²) in [5.74, 6) is -1.70. The van der Waals surface area contributed by atoms with Crippen LogP contribution in [-0.2, 0) is 35.1 Å². The molecule has 1 heterocycles. The summed E-state index contributed by atoms with van der Waals surface area (Å²) in [6, 6.07) is 13.3. The predicted octanol–water partition coefficient (Wildman–Crippen LogP) is 4.98. The number of benzene rings is 2. The molecule has 11 nitrogen and oxygen atoms in total. The Bertz CT molecular complexity index is 1620. The SMILES string of the molecule is CC(C)(C)OC(=O)CCC(CO)NC(=O)c1cccc(CNC(=O)C2=CC3OC(C4CC4)(C4CC4)OC3C(OC(=O)c3ccc(I)cc3)C2)c1. The van der Waals surface area contributed by atoms with Crippen LogP contribution in [0, 0.1) is 15.4 Å². The molecule has 6 rings (SSSR count). The Morgan fingerprint density at radius 1 is 0.980 bits per heavy atom. The first kappa shape index (κ1) is 36.5. The van der Waals surface area contributed by atoms with E-state index in [-0.39, 0.29) is 38.3 Å². The van der Waals surface area contributed by atoms with Gasteiger partial charge in [0.15, 0.2) is 5.79 Å². The minimum absolute atomic E-state index is 0.0529. The molecule has 3 N–H and O–H groups in total. The Balaban J connectivity index is 1.09. The number of nitrogens with one attached hydrogen (secondary N) is 2. The molecule has 268 valence electrons. The summed E-state index contributed by atoms with van der Waals surface area (Å²) < 4.78 is 25.7. The standard InChI is InChI=1S/C38H45IN2O9/c1-37(2,3)49-32(43)16-15-29(21-42)41-35(45)24-6-4-5-22(17-24)20-40-34(44)25-18-30(47-36(46)23-7-13-28(39)14-8-23)33-31(19-25)48-38(50-33,26-9-10-26)27-11-12-27/h4-8,13-14,17,19,26-27,29-31,33,42H,9-12,15-16,18,20-21H2,1-3H3,(H,40,44)(H,41,45). The highest BCUT2D eigenvalue weighted by Gasteiger charge is 2.64. The molecule has 4 unspecified atom stereocenters. The monoisotopic (exact) mass is 800 g/mol. The minimum Gasteiger partial charge on any atom is -0.460 e. The number of hydrogen-bond donors (Lipinski definition) is 3. The van der Waals surface area contributed by atoms with Gasteiger partial charge in [-0.15, -0.1) is 0 Å². The molecule has 0 spiro atoms. The molecule has 2 aromatic carbocycles. The van der Waals surface area contributed by atoms with E-state index in [1.807, 2.05) is 18.2 Å². The fourth-order valence-electron chi connectivity index (χ4n) is 6.64. The Labute approximate surface area is 306 Å². The van der Waals surface area contributed by atoms with Gasteiger partial charge in [-0.3, -0.25) is 14.4 Å². The molecule has 50 heavy (non-hydrogen) atoms. The number of carbonyl (C=O) groups excluding carboxylic acids is 4. The zero-order chi connectivity index (χ0) is 35.6. The summed E-state index contributed by atoms with van der Waals surface area (Å²) in [4.78, 5) is 52.0. The molecule has 1 aliphatic heterocycles. The highest BCUT2D eigenvalue weighted by atomic mass is 127. The lowest BCUT2D eigenvalue weighted by Crippen LogP contribution is -2.44. The summed E-state index contributed by atoms with van der Waals surface area (Å²) in [5, 5.41) is 15.5. The first-order valence-corrected chi connectivity index (χ1v) is 18.4. The van der Waals surface area contributed by atoms with Crippen LogP contribution < -0.4 is 10.6 Å². The van der Waals surface area contributed by atoms with Crippen molar-refractivity contribution < 1.29 is 43.2 Å². The van der Waals surface area contributed by atoms with Crippen molar-refractivity contribution in [2.75, 3.05) is 6.61 Å². The molecule has 2 amide bonds. The van der Waals surface area contributed by atoms with Crippen molar-refractivity contribution in [2.24, 2.45) is 11.8 Å². The number of amides is 2. The number of halogens is 1. The maximum Gasteiger partial charge on any atom is 0.338 e. The summed E-state index contributed by atoms with van der Waals surface area (Å²) in [5.41, 5.74) is 1.30. The highest BCUT2D eigenvalue weighted by Crippen LogP contribution is 2.59. The van der Waals surface area contributed by atoms with Crippen LogP contribution in [0.2, 0.25) is 0 Å². The number of aliphatic hydroxyl groups is 1. The topological polar surface area (TPSA) is 149 Å². The van der Waals surface area contributed by atoms with E-state index in [2.05, 4.69) is 33.2 Å².